The molecule has 13 heteroatoms. The average Bonchev–Trinajstić information content (AvgIpc) is 3.50. The molecule has 0 aromatic rings. The van der Waals surface area contributed by atoms with E-state index in [9.17, 15) is 24.3 Å². The number of nitrogens with zero attached hydrogens (tertiary/aromatic N) is 3. The van der Waals surface area contributed by atoms with Crippen LogP contribution in [0.15, 0.2) is 4.99 Å². The second-order valence-corrected chi connectivity index (χ2v) is 9.12. The van der Waals surface area contributed by atoms with Crippen LogP contribution in [-0.4, -0.2) is 94.9 Å². The first-order valence-electron chi connectivity index (χ1n) is 12.3. The van der Waals surface area contributed by atoms with E-state index in [1.54, 1.807) is 0 Å². The van der Waals surface area contributed by atoms with Gasteiger partial charge in [-0.3, -0.25) is 19.4 Å². The Morgan fingerprint density at radius 3 is 2.17 bits per heavy atom. The van der Waals surface area contributed by atoms with Crippen LogP contribution >= 0.6 is 0 Å². The summed E-state index contributed by atoms with van der Waals surface area (Å²) in [6.45, 7) is 1.50. The van der Waals surface area contributed by atoms with Crippen molar-refractivity contribution in [2.75, 3.05) is 26.2 Å². The van der Waals surface area contributed by atoms with Crippen LogP contribution in [-0.2, 0) is 19.2 Å². The summed E-state index contributed by atoms with van der Waals surface area (Å²) < 4.78 is 0. The van der Waals surface area contributed by atoms with Crippen molar-refractivity contribution in [3.05, 3.63) is 0 Å². The van der Waals surface area contributed by atoms with Crippen LogP contribution in [0.1, 0.15) is 57.8 Å². The number of likely N-dealkylation sites (tertiary alicyclic amines) is 2. The van der Waals surface area contributed by atoms with Crippen molar-refractivity contribution in [2.45, 2.75) is 82.0 Å². The van der Waals surface area contributed by atoms with E-state index in [4.69, 9.17) is 22.9 Å². The van der Waals surface area contributed by atoms with E-state index in [-0.39, 0.29) is 24.8 Å². The Labute approximate surface area is 205 Å². The first-order valence-corrected chi connectivity index (χ1v) is 12.3. The summed E-state index contributed by atoms with van der Waals surface area (Å²) in [5.74, 6) is -2.35. The van der Waals surface area contributed by atoms with Gasteiger partial charge in [0, 0.05) is 19.6 Å². The van der Waals surface area contributed by atoms with Crippen LogP contribution in [0.4, 0.5) is 0 Å². The summed E-state index contributed by atoms with van der Waals surface area (Å²) in [5.41, 5.74) is 22.3. The van der Waals surface area contributed by atoms with Crippen molar-refractivity contribution in [2.24, 2.45) is 27.9 Å². The second-order valence-electron chi connectivity index (χ2n) is 9.12. The van der Waals surface area contributed by atoms with E-state index >= 15 is 0 Å². The molecular formula is C22H40N8O5. The Morgan fingerprint density at radius 2 is 1.57 bits per heavy atom. The SMILES string of the molecule is NCCCC[C@@H](N)C(=O)N1CCC[C@H]1C(=O)N[C@@H](CCCN=C(N)N)C(=O)N1CCC[C@H]1C(=O)O. The molecule has 0 bridgehead atoms. The topological polar surface area (TPSA) is 223 Å². The van der Waals surface area contributed by atoms with Crippen LogP contribution in [0.3, 0.4) is 0 Å². The molecule has 2 heterocycles. The van der Waals surface area contributed by atoms with Crippen molar-refractivity contribution >= 4 is 29.7 Å². The highest BCUT2D eigenvalue weighted by Gasteiger charge is 2.40. The van der Waals surface area contributed by atoms with Gasteiger partial charge < -0.3 is 43.2 Å². The lowest BCUT2D eigenvalue weighted by Gasteiger charge is -2.30. The summed E-state index contributed by atoms with van der Waals surface area (Å²) in [5, 5.41) is 12.3. The molecule has 35 heavy (non-hydrogen) atoms. The van der Waals surface area contributed by atoms with Crippen LogP contribution in [0.2, 0.25) is 0 Å². The molecule has 0 saturated carbocycles. The van der Waals surface area contributed by atoms with Crippen molar-refractivity contribution in [1.29, 1.82) is 0 Å². The van der Waals surface area contributed by atoms with Gasteiger partial charge in [-0.2, -0.15) is 0 Å². The zero-order valence-corrected chi connectivity index (χ0v) is 20.2. The highest BCUT2D eigenvalue weighted by atomic mass is 16.4. The molecule has 4 atom stereocenters. The van der Waals surface area contributed by atoms with Gasteiger partial charge in [0.1, 0.15) is 18.1 Å². The average molecular weight is 497 g/mol. The van der Waals surface area contributed by atoms with Crippen molar-refractivity contribution in [1.82, 2.24) is 15.1 Å². The predicted molar refractivity (Wildman–Crippen MR) is 130 cm³/mol. The fourth-order valence-electron chi connectivity index (χ4n) is 4.66. The van der Waals surface area contributed by atoms with Crippen LogP contribution < -0.4 is 28.3 Å². The minimum Gasteiger partial charge on any atom is -0.480 e. The van der Waals surface area contributed by atoms with Gasteiger partial charge in [-0.25, -0.2) is 4.79 Å². The van der Waals surface area contributed by atoms with Crippen LogP contribution in [0.25, 0.3) is 0 Å². The van der Waals surface area contributed by atoms with E-state index in [2.05, 4.69) is 10.3 Å². The third kappa shape index (κ3) is 8.06. The number of carbonyl (C=O) groups is 4. The van der Waals surface area contributed by atoms with Gasteiger partial charge in [0.2, 0.25) is 17.7 Å². The van der Waals surface area contributed by atoms with Crippen molar-refractivity contribution < 1.29 is 24.3 Å². The van der Waals surface area contributed by atoms with Gasteiger partial charge in [0.05, 0.1) is 6.04 Å². The molecule has 2 aliphatic heterocycles. The summed E-state index contributed by atoms with van der Waals surface area (Å²) in [6, 6.07) is -3.32. The molecule has 2 aliphatic rings. The van der Waals surface area contributed by atoms with Gasteiger partial charge in [-0.1, -0.05) is 6.42 Å². The van der Waals surface area contributed by atoms with Crippen molar-refractivity contribution in [3.8, 4) is 0 Å². The Morgan fingerprint density at radius 1 is 0.943 bits per heavy atom. The lowest BCUT2D eigenvalue weighted by Crippen LogP contribution is -2.56. The normalized spacial score (nSPS) is 21.4. The smallest absolute Gasteiger partial charge is 0.326 e. The highest BCUT2D eigenvalue weighted by Crippen LogP contribution is 2.22. The number of guanidine groups is 1. The maximum absolute atomic E-state index is 13.3. The number of nitrogens with two attached hydrogens (primary N) is 4. The number of carbonyl (C=O) groups excluding carboxylic acids is 3. The molecule has 0 unspecified atom stereocenters. The molecule has 0 aliphatic carbocycles. The molecule has 13 nitrogen and oxygen atoms in total. The third-order valence-electron chi connectivity index (χ3n) is 6.51. The molecule has 0 spiro atoms. The number of rotatable bonds is 13. The standard InChI is InChI=1S/C22H40N8O5/c23-10-2-1-6-14(24)19(32)29-12-4-8-16(29)18(31)28-15(7-3-11-27-22(25)26)20(33)30-13-5-9-17(30)21(34)35/h14-17H,1-13,23-24H2,(H,28,31)(H,34,35)(H4,25,26,27)/t14-,15+,16+,17+/m1/s1. The number of amides is 3. The van der Waals surface area contributed by atoms with Gasteiger partial charge in [0.25, 0.3) is 0 Å². The minimum absolute atomic E-state index is 0.0784. The summed E-state index contributed by atoms with van der Waals surface area (Å²) in [4.78, 5) is 57.6. The molecule has 0 aromatic heterocycles. The Bertz CT molecular complexity index is 788. The van der Waals surface area contributed by atoms with Crippen LogP contribution in [0, 0.1) is 0 Å². The number of aliphatic carboxylic acids is 1. The van der Waals surface area contributed by atoms with E-state index < -0.39 is 42.0 Å². The molecule has 198 valence electrons. The number of hydrogen-bond donors (Lipinski definition) is 6. The summed E-state index contributed by atoms with van der Waals surface area (Å²) >= 11 is 0. The number of unbranched alkanes of at least 4 members (excludes halogenated alkanes) is 1. The maximum atomic E-state index is 13.3. The van der Waals surface area contributed by atoms with E-state index in [0.717, 1.165) is 12.8 Å². The third-order valence-corrected chi connectivity index (χ3v) is 6.51. The largest absolute Gasteiger partial charge is 0.480 e. The molecule has 10 N–H and O–H groups in total. The zero-order chi connectivity index (χ0) is 26.0. The van der Waals surface area contributed by atoms with E-state index in [0.29, 0.717) is 58.2 Å². The maximum Gasteiger partial charge on any atom is 0.326 e. The Kier molecular flexibility index (Phi) is 11.2. The van der Waals surface area contributed by atoms with Gasteiger partial charge in [0.15, 0.2) is 5.96 Å². The molecule has 0 radical (unpaired) electrons. The van der Waals surface area contributed by atoms with E-state index in [1.165, 1.54) is 9.80 Å². The number of aliphatic imine (C=N–C) groups is 1. The lowest BCUT2D eigenvalue weighted by molar-refractivity contribution is -0.150. The number of nitrogens with one attached hydrogen (secondary N) is 1. The first kappa shape index (κ1) is 28.3. The van der Waals surface area contributed by atoms with Crippen molar-refractivity contribution in [3.63, 3.8) is 0 Å². The van der Waals surface area contributed by atoms with Gasteiger partial charge >= 0.3 is 5.97 Å². The molecular weight excluding hydrogens is 456 g/mol. The zero-order valence-electron chi connectivity index (χ0n) is 20.2. The van der Waals surface area contributed by atoms with E-state index in [1.807, 2.05) is 0 Å². The fourth-order valence-corrected chi connectivity index (χ4v) is 4.66. The fraction of sp³-hybridized carbons (Fsp3) is 0.773. The predicted octanol–water partition coefficient (Wildman–Crippen LogP) is -1.95. The lowest BCUT2D eigenvalue weighted by atomic mass is 10.1. The monoisotopic (exact) mass is 496 g/mol. The second kappa shape index (κ2) is 13.8. The van der Waals surface area contributed by atoms with Gasteiger partial charge in [-0.05, 0) is 57.9 Å². The Hall–Kier alpha value is -2.93. The highest BCUT2D eigenvalue weighted by molar-refractivity contribution is 5.94. The Balaban J connectivity index is 2.09. The summed E-state index contributed by atoms with van der Waals surface area (Å²) in [7, 11) is 0. The number of carboxylic acids is 1. The number of carboxylic acid groups (broad SMARTS) is 1. The molecule has 2 saturated heterocycles. The van der Waals surface area contributed by atoms with Gasteiger partial charge in [-0.15, -0.1) is 0 Å². The van der Waals surface area contributed by atoms with Crippen LogP contribution in [0.5, 0.6) is 0 Å². The number of hydrogen-bond acceptors (Lipinski definition) is 7. The molecule has 0 aromatic carbocycles. The first-order chi connectivity index (χ1) is 16.7. The molecule has 2 rings (SSSR count). The quantitative estimate of drug-likeness (QED) is 0.0945. The summed E-state index contributed by atoms with van der Waals surface area (Å²) in [6.07, 6.45) is 4.65. The molecule has 3 amide bonds. The minimum atomic E-state index is -1.07. The molecule has 2 fully saturated rings.